The van der Waals surface area contributed by atoms with Crippen molar-refractivity contribution in [3.05, 3.63) is 33.8 Å². The number of ether oxygens (including phenoxy) is 1. The normalized spacial score (nSPS) is 12.8. The molecule has 1 aromatic rings. The molecule has 0 aliphatic carbocycles. The van der Waals surface area contributed by atoms with E-state index < -0.39 is 24.0 Å². The van der Waals surface area contributed by atoms with E-state index >= 15 is 0 Å². The summed E-state index contributed by atoms with van der Waals surface area (Å²) in [5.41, 5.74) is 0.204. The molecule has 0 spiro atoms. The molecule has 0 heterocycles. The number of carbonyl (C=O) groups is 3. The van der Waals surface area contributed by atoms with Crippen LogP contribution in [0.3, 0.4) is 0 Å². The number of esters is 1. The van der Waals surface area contributed by atoms with Crippen molar-refractivity contribution in [3.63, 3.8) is 0 Å². The Labute approximate surface area is 167 Å². The molecular formula is C17H22Cl2N2O4S. The van der Waals surface area contributed by atoms with Gasteiger partial charge in [-0.1, -0.05) is 23.2 Å². The van der Waals surface area contributed by atoms with Crippen molar-refractivity contribution in [3.8, 4) is 0 Å². The van der Waals surface area contributed by atoms with Crippen molar-refractivity contribution in [2.75, 3.05) is 26.1 Å². The molecule has 1 rings (SSSR count). The van der Waals surface area contributed by atoms with E-state index in [9.17, 15) is 14.4 Å². The Hall–Kier alpha value is -1.44. The molecule has 6 nitrogen and oxygen atoms in total. The van der Waals surface area contributed by atoms with Gasteiger partial charge in [0.1, 0.15) is 6.04 Å². The summed E-state index contributed by atoms with van der Waals surface area (Å²) < 4.78 is 5.21. The van der Waals surface area contributed by atoms with E-state index in [1.165, 1.54) is 41.8 Å². The number of nitrogens with zero attached hydrogens (tertiary/aromatic N) is 1. The van der Waals surface area contributed by atoms with Gasteiger partial charge in [0.05, 0.1) is 10.6 Å². The number of nitrogens with one attached hydrogen (secondary N) is 1. The number of hydrogen-bond donors (Lipinski definition) is 1. The predicted molar refractivity (Wildman–Crippen MR) is 105 cm³/mol. The molecule has 0 saturated heterocycles. The summed E-state index contributed by atoms with van der Waals surface area (Å²) in [6.45, 7) is 1.49. The molecule has 2 atom stereocenters. The Morgan fingerprint density at radius 1 is 1.27 bits per heavy atom. The molecule has 1 aromatic carbocycles. The van der Waals surface area contributed by atoms with E-state index in [-0.39, 0.29) is 16.5 Å². The third-order valence-corrected chi connectivity index (χ3v) is 4.65. The highest BCUT2D eigenvalue weighted by atomic mass is 35.5. The zero-order valence-corrected chi connectivity index (χ0v) is 17.4. The number of hydrogen-bond acceptors (Lipinski definition) is 5. The van der Waals surface area contributed by atoms with Gasteiger partial charge in [-0.25, -0.2) is 4.79 Å². The molecule has 0 bridgehead atoms. The topological polar surface area (TPSA) is 75.7 Å². The van der Waals surface area contributed by atoms with Crippen molar-refractivity contribution in [2.24, 2.45) is 0 Å². The quantitative estimate of drug-likeness (QED) is 0.654. The van der Waals surface area contributed by atoms with Crippen LogP contribution in [0, 0.1) is 0 Å². The Bertz CT molecular complexity index is 670. The molecule has 9 heteroatoms. The van der Waals surface area contributed by atoms with Crippen molar-refractivity contribution in [2.45, 2.75) is 25.5 Å². The maximum absolute atomic E-state index is 12.5. The Morgan fingerprint density at radius 3 is 2.46 bits per heavy atom. The van der Waals surface area contributed by atoms with E-state index in [0.29, 0.717) is 17.2 Å². The first-order valence-electron chi connectivity index (χ1n) is 7.83. The number of benzene rings is 1. The lowest BCUT2D eigenvalue weighted by Crippen LogP contribution is -2.45. The lowest BCUT2D eigenvalue weighted by Gasteiger charge is -2.22. The summed E-state index contributed by atoms with van der Waals surface area (Å²) in [5.74, 6) is -0.889. The molecule has 0 aromatic heterocycles. The first kappa shape index (κ1) is 22.6. The van der Waals surface area contributed by atoms with Crippen molar-refractivity contribution in [1.82, 2.24) is 10.2 Å². The zero-order valence-electron chi connectivity index (χ0n) is 15.0. The fourth-order valence-corrected chi connectivity index (χ4v) is 3.03. The molecule has 2 unspecified atom stereocenters. The Balaban J connectivity index is 2.86. The molecular weight excluding hydrogens is 399 g/mol. The molecule has 0 radical (unpaired) electrons. The maximum Gasteiger partial charge on any atom is 0.329 e. The number of halogens is 2. The van der Waals surface area contributed by atoms with Crippen LogP contribution in [0.15, 0.2) is 18.2 Å². The highest BCUT2D eigenvalue weighted by Crippen LogP contribution is 2.21. The van der Waals surface area contributed by atoms with Gasteiger partial charge < -0.3 is 15.0 Å². The Morgan fingerprint density at radius 2 is 1.92 bits per heavy atom. The largest absolute Gasteiger partial charge is 0.451 e. The van der Waals surface area contributed by atoms with Crippen LogP contribution in [0.2, 0.25) is 10.0 Å². The number of rotatable bonds is 8. The van der Waals surface area contributed by atoms with E-state index in [4.69, 9.17) is 27.9 Å². The fourth-order valence-electron chi connectivity index (χ4n) is 2.06. The van der Waals surface area contributed by atoms with E-state index in [1.54, 1.807) is 14.1 Å². The van der Waals surface area contributed by atoms with Crippen molar-refractivity contribution in [1.29, 1.82) is 0 Å². The first-order valence-corrected chi connectivity index (χ1v) is 9.98. The SMILES string of the molecule is CSCCC(NC(=O)c1ccc(Cl)cc1Cl)C(=O)OC(C)C(=O)N(C)C. The van der Waals surface area contributed by atoms with Crippen LogP contribution in [-0.2, 0) is 14.3 Å². The second-order valence-electron chi connectivity index (χ2n) is 5.74. The average molecular weight is 421 g/mol. The van der Waals surface area contributed by atoms with Crippen molar-refractivity contribution >= 4 is 52.7 Å². The van der Waals surface area contributed by atoms with E-state index in [0.717, 1.165) is 0 Å². The van der Waals surface area contributed by atoms with Crippen LogP contribution in [0.25, 0.3) is 0 Å². The maximum atomic E-state index is 12.5. The van der Waals surface area contributed by atoms with Gasteiger partial charge in [-0.05, 0) is 43.6 Å². The molecule has 0 aliphatic rings. The summed E-state index contributed by atoms with van der Waals surface area (Å²) >= 11 is 13.4. The summed E-state index contributed by atoms with van der Waals surface area (Å²) in [7, 11) is 3.14. The van der Waals surface area contributed by atoms with Crippen molar-refractivity contribution < 1.29 is 19.1 Å². The van der Waals surface area contributed by atoms with Gasteiger partial charge in [0, 0.05) is 19.1 Å². The van der Waals surface area contributed by atoms with Crippen LogP contribution >= 0.6 is 35.0 Å². The molecule has 0 fully saturated rings. The van der Waals surface area contributed by atoms with Gasteiger partial charge >= 0.3 is 5.97 Å². The third kappa shape index (κ3) is 6.70. The predicted octanol–water partition coefficient (Wildman–Crippen LogP) is 2.86. The Kier molecular flexibility index (Phi) is 9.25. The van der Waals surface area contributed by atoms with Crippen LogP contribution in [0.1, 0.15) is 23.7 Å². The highest BCUT2D eigenvalue weighted by Gasteiger charge is 2.27. The van der Waals surface area contributed by atoms with Gasteiger partial charge in [0.25, 0.3) is 11.8 Å². The smallest absolute Gasteiger partial charge is 0.329 e. The molecule has 0 saturated carbocycles. The van der Waals surface area contributed by atoms with Gasteiger partial charge in [0.2, 0.25) is 0 Å². The monoisotopic (exact) mass is 420 g/mol. The number of likely N-dealkylation sites (N-methyl/N-ethyl adjacent to an activating group) is 1. The standard InChI is InChI=1S/C17H22Cl2N2O4S/c1-10(16(23)21(2)3)25-17(24)14(7-8-26-4)20-15(22)12-6-5-11(18)9-13(12)19/h5-6,9-10,14H,7-8H2,1-4H3,(H,20,22). The second-order valence-corrected chi connectivity index (χ2v) is 7.57. The number of amides is 2. The van der Waals surface area contributed by atoms with E-state index in [2.05, 4.69) is 5.32 Å². The van der Waals surface area contributed by atoms with Gasteiger partial charge in [-0.2, -0.15) is 11.8 Å². The summed E-state index contributed by atoms with van der Waals surface area (Å²) in [6, 6.07) is 3.58. The van der Waals surface area contributed by atoms with Crippen LogP contribution in [0.4, 0.5) is 0 Å². The minimum Gasteiger partial charge on any atom is -0.451 e. The van der Waals surface area contributed by atoms with E-state index in [1.807, 2.05) is 6.26 Å². The van der Waals surface area contributed by atoms with Crippen LogP contribution in [0.5, 0.6) is 0 Å². The number of thioether (sulfide) groups is 1. The molecule has 2 amide bonds. The molecule has 144 valence electrons. The van der Waals surface area contributed by atoms with Crippen LogP contribution in [-0.4, -0.2) is 60.9 Å². The first-order chi connectivity index (χ1) is 12.2. The molecule has 26 heavy (non-hydrogen) atoms. The zero-order chi connectivity index (χ0) is 19.9. The molecule has 1 N–H and O–H groups in total. The summed E-state index contributed by atoms with van der Waals surface area (Å²) in [6.07, 6.45) is 1.31. The lowest BCUT2D eigenvalue weighted by atomic mass is 10.1. The minimum atomic E-state index is -0.940. The van der Waals surface area contributed by atoms with Gasteiger partial charge in [-0.15, -0.1) is 0 Å². The lowest BCUT2D eigenvalue weighted by molar-refractivity contribution is -0.159. The highest BCUT2D eigenvalue weighted by molar-refractivity contribution is 7.98. The summed E-state index contributed by atoms with van der Waals surface area (Å²) in [5, 5.41) is 3.21. The fraction of sp³-hybridized carbons (Fsp3) is 0.471. The average Bonchev–Trinajstić information content (AvgIpc) is 2.57. The van der Waals surface area contributed by atoms with Gasteiger partial charge in [-0.3, -0.25) is 9.59 Å². The number of carbonyl (C=O) groups excluding carboxylic acids is 3. The third-order valence-electron chi connectivity index (χ3n) is 3.46. The van der Waals surface area contributed by atoms with Crippen LogP contribution < -0.4 is 5.32 Å². The summed E-state index contributed by atoms with van der Waals surface area (Å²) in [4.78, 5) is 38.1. The second kappa shape index (κ2) is 10.6. The van der Waals surface area contributed by atoms with Gasteiger partial charge in [0.15, 0.2) is 6.10 Å². The minimum absolute atomic E-state index is 0.183. The molecule has 0 aliphatic heterocycles.